The van der Waals surface area contributed by atoms with Crippen molar-refractivity contribution in [3.63, 3.8) is 0 Å². The lowest BCUT2D eigenvalue weighted by Gasteiger charge is -2.39. The number of hydrogen-bond donors (Lipinski definition) is 3. The third-order valence-electron chi connectivity index (χ3n) is 3.19. The van der Waals surface area contributed by atoms with Gasteiger partial charge >= 0.3 is 0 Å². The van der Waals surface area contributed by atoms with Crippen LogP contribution < -0.4 is 0 Å². The van der Waals surface area contributed by atoms with Crippen LogP contribution in [-0.4, -0.2) is 33.6 Å². The summed E-state index contributed by atoms with van der Waals surface area (Å²) in [5, 5.41) is 28.7. The average molecular weight is 188 g/mol. The zero-order valence-corrected chi connectivity index (χ0v) is 8.24. The Bertz CT molecular complexity index is 150. The van der Waals surface area contributed by atoms with Crippen molar-refractivity contribution < 1.29 is 15.3 Å². The summed E-state index contributed by atoms with van der Waals surface area (Å²) in [5.74, 6) is -0.382. The Morgan fingerprint density at radius 3 is 2.15 bits per heavy atom. The van der Waals surface area contributed by atoms with E-state index in [-0.39, 0.29) is 12.5 Å². The minimum atomic E-state index is -0.832. The van der Waals surface area contributed by atoms with Crippen LogP contribution in [0.2, 0.25) is 0 Å². The molecule has 1 aliphatic carbocycles. The lowest BCUT2D eigenvalue weighted by molar-refractivity contribution is -0.105. The lowest BCUT2D eigenvalue weighted by atomic mass is 9.74. The zero-order chi connectivity index (χ0) is 9.90. The van der Waals surface area contributed by atoms with Gasteiger partial charge in [0, 0.05) is 5.92 Å². The first-order valence-electron chi connectivity index (χ1n) is 5.11. The molecule has 0 bridgehead atoms. The van der Waals surface area contributed by atoms with E-state index in [1.165, 1.54) is 0 Å². The van der Waals surface area contributed by atoms with Gasteiger partial charge in [0.1, 0.15) is 0 Å². The smallest absolute Gasteiger partial charge is 0.0722 e. The van der Waals surface area contributed by atoms with Gasteiger partial charge < -0.3 is 15.3 Å². The van der Waals surface area contributed by atoms with E-state index >= 15 is 0 Å². The van der Waals surface area contributed by atoms with Gasteiger partial charge in [-0.25, -0.2) is 0 Å². The van der Waals surface area contributed by atoms with Crippen LogP contribution in [0.3, 0.4) is 0 Å². The number of rotatable bonds is 3. The molecule has 1 fully saturated rings. The van der Waals surface area contributed by atoms with Crippen molar-refractivity contribution in [2.24, 2.45) is 5.92 Å². The predicted molar refractivity (Wildman–Crippen MR) is 50.3 cm³/mol. The maximum Gasteiger partial charge on any atom is 0.0722 e. The lowest BCUT2D eigenvalue weighted by Crippen LogP contribution is -2.46. The zero-order valence-electron chi connectivity index (χ0n) is 8.24. The van der Waals surface area contributed by atoms with Gasteiger partial charge in [0.25, 0.3) is 0 Å². The van der Waals surface area contributed by atoms with Crippen molar-refractivity contribution in [3.05, 3.63) is 0 Å². The Labute approximate surface area is 79.4 Å². The van der Waals surface area contributed by atoms with Crippen molar-refractivity contribution in [2.45, 2.75) is 50.7 Å². The first-order chi connectivity index (χ1) is 6.10. The monoisotopic (exact) mass is 188 g/mol. The van der Waals surface area contributed by atoms with E-state index in [0.29, 0.717) is 12.8 Å². The van der Waals surface area contributed by atoms with Crippen LogP contribution in [0.25, 0.3) is 0 Å². The van der Waals surface area contributed by atoms with Gasteiger partial charge in [-0.15, -0.1) is 0 Å². The highest BCUT2D eigenvalue weighted by atomic mass is 16.3. The molecule has 0 heterocycles. The molecule has 1 saturated carbocycles. The summed E-state index contributed by atoms with van der Waals surface area (Å²) in [6.07, 6.45) is 3.94. The highest BCUT2D eigenvalue weighted by Gasteiger charge is 2.39. The van der Waals surface area contributed by atoms with Gasteiger partial charge in [-0.3, -0.25) is 0 Å². The molecular weight excluding hydrogens is 168 g/mol. The van der Waals surface area contributed by atoms with Crippen LogP contribution >= 0.6 is 0 Å². The van der Waals surface area contributed by atoms with Crippen LogP contribution in [0.5, 0.6) is 0 Å². The summed E-state index contributed by atoms with van der Waals surface area (Å²) in [4.78, 5) is 0. The summed E-state index contributed by atoms with van der Waals surface area (Å²) in [7, 11) is 0. The quantitative estimate of drug-likeness (QED) is 0.610. The van der Waals surface area contributed by atoms with E-state index in [0.717, 1.165) is 19.3 Å². The molecule has 3 heteroatoms. The van der Waals surface area contributed by atoms with Crippen molar-refractivity contribution >= 4 is 0 Å². The molecule has 0 aromatic rings. The summed E-state index contributed by atoms with van der Waals surface area (Å²) in [5.41, 5.74) is -0.832. The summed E-state index contributed by atoms with van der Waals surface area (Å²) in [6, 6.07) is 0. The Morgan fingerprint density at radius 1 is 1.23 bits per heavy atom. The van der Waals surface area contributed by atoms with Crippen LogP contribution in [0.1, 0.15) is 39.0 Å². The fourth-order valence-electron chi connectivity index (χ4n) is 2.31. The molecule has 0 amide bonds. The minimum Gasteiger partial charge on any atom is -0.396 e. The second-order valence-electron chi connectivity index (χ2n) is 4.19. The molecule has 3 nitrogen and oxygen atoms in total. The molecule has 0 aliphatic heterocycles. The van der Waals surface area contributed by atoms with Gasteiger partial charge in [0.15, 0.2) is 0 Å². The minimum absolute atomic E-state index is 0.131. The van der Waals surface area contributed by atoms with Crippen molar-refractivity contribution in [1.29, 1.82) is 0 Å². The summed E-state index contributed by atoms with van der Waals surface area (Å²) < 4.78 is 0. The highest BCUT2D eigenvalue weighted by molar-refractivity contribution is 4.91. The van der Waals surface area contributed by atoms with Crippen LogP contribution in [-0.2, 0) is 0 Å². The van der Waals surface area contributed by atoms with E-state index in [1.807, 2.05) is 0 Å². The molecule has 1 aliphatic rings. The average Bonchev–Trinajstić information content (AvgIpc) is 2.05. The summed E-state index contributed by atoms with van der Waals surface area (Å²) >= 11 is 0. The molecular formula is C10H20O3. The molecule has 1 rings (SSSR count). The van der Waals surface area contributed by atoms with E-state index < -0.39 is 11.7 Å². The molecule has 2 atom stereocenters. The third kappa shape index (κ3) is 2.42. The normalized spacial score (nSPS) is 26.8. The molecule has 0 aromatic carbocycles. The SMILES string of the molecule is C[C@@H](O)[C@H](CO)C1(O)CCCCC1. The maximum atomic E-state index is 10.2. The van der Waals surface area contributed by atoms with Crippen molar-refractivity contribution in [2.75, 3.05) is 6.61 Å². The molecule has 0 saturated heterocycles. The Kier molecular flexibility index (Phi) is 3.71. The number of hydrogen-bond acceptors (Lipinski definition) is 3. The molecule has 3 N–H and O–H groups in total. The number of aliphatic hydroxyl groups is 3. The van der Waals surface area contributed by atoms with Crippen LogP contribution in [0, 0.1) is 5.92 Å². The summed E-state index contributed by atoms with van der Waals surface area (Å²) in [6.45, 7) is 1.50. The first-order valence-corrected chi connectivity index (χ1v) is 5.11. The van der Waals surface area contributed by atoms with E-state index in [4.69, 9.17) is 5.11 Å². The fourth-order valence-corrected chi connectivity index (χ4v) is 2.31. The molecule has 0 spiro atoms. The second-order valence-corrected chi connectivity index (χ2v) is 4.19. The van der Waals surface area contributed by atoms with Gasteiger partial charge in [0.2, 0.25) is 0 Å². The van der Waals surface area contributed by atoms with Gasteiger partial charge in [-0.05, 0) is 19.8 Å². The molecule has 78 valence electrons. The standard InChI is InChI=1S/C10H20O3/c1-8(12)9(7-11)10(13)5-3-2-4-6-10/h8-9,11-13H,2-7H2,1H3/t8-,9+/m1/s1. The van der Waals surface area contributed by atoms with E-state index in [2.05, 4.69) is 0 Å². The van der Waals surface area contributed by atoms with E-state index in [1.54, 1.807) is 6.92 Å². The second kappa shape index (κ2) is 4.40. The first kappa shape index (κ1) is 11.0. The topological polar surface area (TPSA) is 60.7 Å². The van der Waals surface area contributed by atoms with Gasteiger partial charge in [-0.1, -0.05) is 19.3 Å². The Morgan fingerprint density at radius 2 is 1.77 bits per heavy atom. The van der Waals surface area contributed by atoms with Crippen molar-refractivity contribution in [3.8, 4) is 0 Å². The Balaban J connectivity index is 2.63. The largest absolute Gasteiger partial charge is 0.396 e. The predicted octanol–water partition coefficient (Wildman–Crippen LogP) is 0.671. The number of aliphatic hydroxyl groups excluding tert-OH is 2. The fraction of sp³-hybridized carbons (Fsp3) is 1.00. The molecule has 13 heavy (non-hydrogen) atoms. The van der Waals surface area contributed by atoms with Crippen LogP contribution in [0.4, 0.5) is 0 Å². The van der Waals surface area contributed by atoms with Crippen LogP contribution in [0.15, 0.2) is 0 Å². The Hall–Kier alpha value is -0.120. The maximum absolute atomic E-state index is 10.2. The van der Waals surface area contributed by atoms with E-state index in [9.17, 15) is 10.2 Å². The highest BCUT2D eigenvalue weighted by Crippen LogP contribution is 2.35. The molecule has 0 aromatic heterocycles. The van der Waals surface area contributed by atoms with Crippen molar-refractivity contribution in [1.82, 2.24) is 0 Å². The molecule has 0 radical (unpaired) electrons. The molecule has 0 unspecified atom stereocenters. The van der Waals surface area contributed by atoms with Gasteiger partial charge in [0.05, 0.1) is 18.3 Å². The third-order valence-corrected chi connectivity index (χ3v) is 3.19. The van der Waals surface area contributed by atoms with Gasteiger partial charge in [-0.2, -0.15) is 0 Å².